The number of nitrogens with zero attached hydrogens (tertiary/aromatic N) is 4. The largest absolute Gasteiger partial charge is 0.381 e. The van der Waals surface area contributed by atoms with E-state index in [1.54, 1.807) is 23.7 Å². The summed E-state index contributed by atoms with van der Waals surface area (Å²) in [5.74, 6) is -0.326. The molecule has 0 N–H and O–H groups in total. The van der Waals surface area contributed by atoms with E-state index in [1.807, 2.05) is 6.92 Å². The molecule has 0 saturated heterocycles. The Labute approximate surface area is 169 Å². The molecule has 0 amide bonds. The molecule has 7 nitrogen and oxygen atoms in total. The second kappa shape index (κ2) is 8.83. The third kappa shape index (κ3) is 4.10. The van der Waals surface area contributed by atoms with Crippen LogP contribution < -0.4 is 11.2 Å². The molecule has 0 bridgehead atoms. The van der Waals surface area contributed by atoms with Crippen LogP contribution in [0.25, 0.3) is 11.2 Å². The van der Waals surface area contributed by atoms with E-state index in [2.05, 4.69) is 20.9 Å². The number of hydrogen-bond donors (Lipinski definition) is 0. The Balaban J connectivity index is 2.01. The maximum absolute atomic E-state index is 13.2. The molecular weight excluding hydrogens is 431 g/mol. The van der Waals surface area contributed by atoms with Crippen molar-refractivity contribution in [2.24, 2.45) is 7.05 Å². The number of rotatable bonds is 8. The molecule has 0 spiro atoms. The minimum Gasteiger partial charge on any atom is -0.381 e. The summed E-state index contributed by atoms with van der Waals surface area (Å²) in [7, 11) is 1.59. The lowest BCUT2D eigenvalue weighted by atomic mass is 10.2. The number of fused-ring (bicyclic) bond motifs is 1. The minimum absolute atomic E-state index is 0.268. The number of aryl methyl sites for hydroxylation is 1. The fraction of sp³-hybridized carbons (Fsp3) is 0.421. The second-order valence-corrected chi connectivity index (χ2v) is 7.24. The second-order valence-electron chi connectivity index (χ2n) is 6.53. The molecule has 28 heavy (non-hydrogen) atoms. The van der Waals surface area contributed by atoms with Gasteiger partial charge in [-0.15, -0.1) is 0 Å². The highest BCUT2D eigenvalue weighted by Crippen LogP contribution is 2.18. The predicted molar refractivity (Wildman–Crippen MR) is 108 cm³/mol. The van der Waals surface area contributed by atoms with Crippen molar-refractivity contribution in [3.8, 4) is 0 Å². The number of hydrogen-bond acceptors (Lipinski definition) is 4. The van der Waals surface area contributed by atoms with Crippen molar-refractivity contribution < 1.29 is 9.13 Å². The fourth-order valence-corrected chi connectivity index (χ4v) is 3.50. The Morgan fingerprint density at radius 2 is 1.86 bits per heavy atom. The molecule has 0 fully saturated rings. The number of imidazole rings is 1. The minimum atomic E-state index is -0.410. The van der Waals surface area contributed by atoms with Gasteiger partial charge in [-0.05, 0) is 46.5 Å². The van der Waals surface area contributed by atoms with Crippen LogP contribution in [-0.2, 0) is 24.9 Å². The smallest absolute Gasteiger partial charge is 0.332 e. The maximum Gasteiger partial charge on any atom is 0.332 e. The maximum atomic E-state index is 13.2. The molecule has 2 aromatic heterocycles. The van der Waals surface area contributed by atoms with Gasteiger partial charge in [0.1, 0.15) is 5.82 Å². The number of aromatic nitrogens is 4. The Bertz CT molecular complexity index is 1090. The highest BCUT2D eigenvalue weighted by atomic mass is 79.9. The van der Waals surface area contributed by atoms with E-state index in [0.29, 0.717) is 42.1 Å². The van der Waals surface area contributed by atoms with Gasteiger partial charge < -0.3 is 9.30 Å². The van der Waals surface area contributed by atoms with E-state index >= 15 is 0 Å². The van der Waals surface area contributed by atoms with Gasteiger partial charge in [-0.3, -0.25) is 13.9 Å². The summed E-state index contributed by atoms with van der Waals surface area (Å²) in [5, 5.41) is 0. The normalized spacial score (nSPS) is 11.4. The molecule has 0 aliphatic carbocycles. The van der Waals surface area contributed by atoms with Crippen LogP contribution >= 0.6 is 15.9 Å². The molecule has 0 atom stereocenters. The van der Waals surface area contributed by atoms with Gasteiger partial charge in [0, 0.05) is 26.8 Å². The SMILES string of the molecule is CCCOCCCn1c(=O)c2c(nc(Br)n2Cc2ccc(F)cc2)n(C)c1=O. The van der Waals surface area contributed by atoms with Crippen LogP contribution in [0.1, 0.15) is 25.3 Å². The van der Waals surface area contributed by atoms with Crippen molar-refractivity contribution >= 4 is 27.1 Å². The predicted octanol–water partition coefficient (Wildman–Crippen LogP) is 2.66. The first-order valence-corrected chi connectivity index (χ1v) is 9.91. The van der Waals surface area contributed by atoms with Crippen LogP contribution in [0, 0.1) is 5.82 Å². The first-order chi connectivity index (χ1) is 13.4. The summed E-state index contributed by atoms with van der Waals surface area (Å²) in [6.07, 6.45) is 1.48. The van der Waals surface area contributed by atoms with E-state index in [4.69, 9.17) is 4.74 Å². The van der Waals surface area contributed by atoms with E-state index in [9.17, 15) is 14.0 Å². The summed E-state index contributed by atoms with van der Waals surface area (Å²) in [5.41, 5.74) is 0.644. The molecule has 9 heteroatoms. The van der Waals surface area contributed by atoms with Gasteiger partial charge in [0.2, 0.25) is 0 Å². The Morgan fingerprint density at radius 3 is 2.54 bits per heavy atom. The van der Waals surface area contributed by atoms with Gasteiger partial charge in [0.15, 0.2) is 15.9 Å². The Kier molecular flexibility index (Phi) is 6.46. The molecule has 0 unspecified atom stereocenters. The third-order valence-corrected chi connectivity index (χ3v) is 5.06. The Hall–Kier alpha value is -2.26. The standard InChI is InChI=1S/C19H22BrFN4O3/c1-3-10-28-11-4-9-24-17(26)15-16(23(2)19(24)27)22-18(20)25(15)12-13-5-7-14(21)8-6-13/h5-8H,3-4,9-12H2,1-2H3. The van der Waals surface area contributed by atoms with Gasteiger partial charge in [0.25, 0.3) is 5.56 Å². The average molecular weight is 453 g/mol. The summed E-state index contributed by atoms with van der Waals surface area (Å²) in [6, 6.07) is 6.04. The zero-order valence-electron chi connectivity index (χ0n) is 15.8. The topological polar surface area (TPSA) is 71.1 Å². The van der Waals surface area contributed by atoms with Crippen molar-refractivity contribution in [1.82, 2.24) is 18.7 Å². The lowest BCUT2D eigenvalue weighted by Gasteiger charge is -2.10. The molecule has 3 rings (SSSR count). The molecule has 1 aromatic carbocycles. The summed E-state index contributed by atoms with van der Waals surface area (Å²) in [4.78, 5) is 30.0. The Morgan fingerprint density at radius 1 is 1.14 bits per heavy atom. The van der Waals surface area contributed by atoms with Gasteiger partial charge >= 0.3 is 5.69 Å². The highest BCUT2D eigenvalue weighted by molar-refractivity contribution is 9.10. The van der Waals surface area contributed by atoms with E-state index in [1.165, 1.54) is 21.3 Å². The van der Waals surface area contributed by atoms with Crippen LogP contribution in [0.2, 0.25) is 0 Å². The fourth-order valence-electron chi connectivity index (χ4n) is 3.03. The molecule has 0 saturated carbocycles. The van der Waals surface area contributed by atoms with E-state index in [-0.39, 0.29) is 12.4 Å². The van der Waals surface area contributed by atoms with Crippen molar-refractivity contribution in [2.45, 2.75) is 32.9 Å². The van der Waals surface area contributed by atoms with Crippen LogP contribution in [0.4, 0.5) is 4.39 Å². The molecule has 2 heterocycles. The van der Waals surface area contributed by atoms with Crippen molar-refractivity contribution in [3.05, 3.63) is 61.2 Å². The number of benzene rings is 1. The molecule has 0 radical (unpaired) electrons. The summed E-state index contributed by atoms with van der Waals surface area (Å²) in [6.45, 7) is 3.76. The lowest BCUT2D eigenvalue weighted by molar-refractivity contribution is 0.129. The average Bonchev–Trinajstić information content (AvgIpc) is 3.00. The van der Waals surface area contributed by atoms with Crippen molar-refractivity contribution in [1.29, 1.82) is 0 Å². The van der Waals surface area contributed by atoms with Gasteiger partial charge in [-0.1, -0.05) is 19.1 Å². The molecule has 3 aromatic rings. The summed E-state index contributed by atoms with van der Waals surface area (Å²) >= 11 is 3.37. The van der Waals surface area contributed by atoms with Crippen LogP contribution in [0.3, 0.4) is 0 Å². The van der Waals surface area contributed by atoms with E-state index in [0.717, 1.165) is 12.0 Å². The molecule has 0 aliphatic heterocycles. The number of ether oxygens (including phenoxy) is 1. The van der Waals surface area contributed by atoms with E-state index < -0.39 is 11.2 Å². The first kappa shape index (κ1) is 20.5. The van der Waals surface area contributed by atoms with Crippen molar-refractivity contribution in [3.63, 3.8) is 0 Å². The number of halogens is 2. The third-order valence-electron chi connectivity index (χ3n) is 4.46. The zero-order chi connectivity index (χ0) is 20.3. The zero-order valence-corrected chi connectivity index (χ0v) is 17.4. The van der Waals surface area contributed by atoms with Gasteiger partial charge in [-0.2, -0.15) is 0 Å². The summed E-state index contributed by atoms with van der Waals surface area (Å²) < 4.78 is 23.3. The molecule has 0 aliphatic rings. The van der Waals surface area contributed by atoms with Crippen LogP contribution in [0.15, 0.2) is 38.6 Å². The van der Waals surface area contributed by atoms with Crippen LogP contribution in [-0.4, -0.2) is 31.9 Å². The lowest BCUT2D eigenvalue weighted by Crippen LogP contribution is -2.40. The van der Waals surface area contributed by atoms with Gasteiger partial charge in [-0.25, -0.2) is 14.2 Å². The quantitative estimate of drug-likeness (QED) is 0.389. The van der Waals surface area contributed by atoms with Gasteiger partial charge in [0.05, 0.1) is 6.54 Å². The van der Waals surface area contributed by atoms with Crippen molar-refractivity contribution in [2.75, 3.05) is 13.2 Å². The first-order valence-electron chi connectivity index (χ1n) is 9.11. The molecule has 150 valence electrons. The monoisotopic (exact) mass is 452 g/mol. The molecular formula is C19H22BrFN4O3. The van der Waals surface area contributed by atoms with Crippen LogP contribution in [0.5, 0.6) is 0 Å². The highest BCUT2D eigenvalue weighted by Gasteiger charge is 2.19.